The Labute approximate surface area is 136 Å². The lowest BCUT2D eigenvalue weighted by atomic mass is 10.1. The van der Waals surface area contributed by atoms with Crippen molar-refractivity contribution in [2.75, 3.05) is 20.4 Å². The van der Waals surface area contributed by atoms with Gasteiger partial charge in [0, 0.05) is 19.7 Å². The summed E-state index contributed by atoms with van der Waals surface area (Å²) in [5.41, 5.74) is -0.0739. The molecule has 8 heteroatoms. The number of thioether (sulfide) groups is 1. The van der Waals surface area contributed by atoms with Gasteiger partial charge in [-0.3, -0.25) is 4.79 Å². The van der Waals surface area contributed by atoms with Crippen molar-refractivity contribution in [2.45, 2.75) is 5.16 Å². The first-order chi connectivity index (χ1) is 11.0. The maximum Gasteiger partial charge on any atom is 0.414 e. The maximum atomic E-state index is 12.0. The number of hydrogen-bond acceptors (Lipinski definition) is 6. The highest BCUT2D eigenvalue weighted by molar-refractivity contribution is 7.98. The van der Waals surface area contributed by atoms with Gasteiger partial charge < -0.3 is 14.6 Å². The van der Waals surface area contributed by atoms with Crippen LogP contribution in [-0.4, -0.2) is 41.3 Å². The van der Waals surface area contributed by atoms with Crippen molar-refractivity contribution in [3.8, 4) is 23.1 Å². The molecule has 7 nitrogen and oxygen atoms in total. The number of nitrogens with one attached hydrogen (secondary N) is 1. The molecular weight excluding hydrogens is 316 g/mol. The van der Waals surface area contributed by atoms with Gasteiger partial charge in [-0.25, -0.2) is 9.78 Å². The Morgan fingerprint density at radius 2 is 2.09 bits per heavy atom. The number of para-hydroxylation sites is 1. The van der Waals surface area contributed by atoms with Gasteiger partial charge in [0.2, 0.25) is 0 Å². The van der Waals surface area contributed by atoms with E-state index >= 15 is 0 Å². The van der Waals surface area contributed by atoms with Crippen LogP contribution in [0.3, 0.4) is 0 Å². The normalized spacial score (nSPS) is 10.0. The van der Waals surface area contributed by atoms with Crippen LogP contribution in [-0.2, 0) is 0 Å². The summed E-state index contributed by atoms with van der Waals surface area (Å²) < 4.78 is 5.29. The summed E-state index contributed by atoms with van der Waals surface area (Å²) in [5, 5.41) is 9.63. The second kappa shape index (κ2) is 6.98. The van der Waals surface area contributed by atoms with Crippen molar-refractivity contribution in [3.05, 3.63) is 40.2 Å². The van der Waals surface area contributed by atoms with E-state index in [9.17, 15) is 14.9 Å². The number of hydrogen-bond donors (Lipinski definition) is 1. The molecule has 0 fully saturated rings. The van der Waals surface area contributed by atoms with E-state index in [1.807, 2.05) is 6.07 Å². The minimum Gasteiger partial charge on any atom is -0.409 e. The Morgan fingerprint density at radius 3 is 2.70 bits per heavy atom. The SMILES string of the molecule is CSc1nc(-c2ccccc2OC(=O)N(C)C)c(C#N)c(=O)[nH]1. The smallest absolute Gasteiger partial charge is 0.409 e. The quantitative estimate of drug-likeness (QED) is 0.683. The monoisotopic (exact) mass is 330 g/mol. The van der Waals surface area contributed by atoms with Crippen LogP contribution < -0.4 is 10.3 Å². The number of nitrogens with zero attached hydrogens (tertiary/aromatic N) is 3. The Kier molecular flexibility index (Phi) is 5.03. The van der Waals surface area contributed by atoms with Crippen LogP contribution >= 0.6 is 11.8 Å². The van der Waals surface area contributed by atoms with Gasteiger partial charge in [0.1, 0.15) is 23.1 Å². The number of ether oxygens (including phenoxy) is 1. The minimum absolute atomic E-state index is 0.129. The second-order valence-electron chi connectivity index (χ2n) is 4.67. The number of H-pyrrole nitrogens is 1. The molecule has 23 heavy (non-hydrogen) atoms. The van der Waals surface area contributed by atoms with Crippen molar-refractivity contribution in [3.63, 3.8) is 0 Å². The number of aromatic nitrogens is 2. The van der Waals surface area contributed by atoms with Gasteiger partial charge >= 0.3 is 6.09 Å². The van der Waals surface area contributed by atoms with Crippen molar-refractivity contribution in [1.29, 1.82) is 5.26 Å². The summed E-state index contributed by atoms with van der Waals surface area (Å²) in [6.45, 7) is 0. The Balaban J connectivity index is 2.64. The lowest BCUT2D eigenvalue weighted by molar-refractivity contribution is 0.172. The predicted octanol–water partition coefficient (Wildman–Crippen LogP) is 2.09. The zero-order valence-electron chi connectivity index (χ0n) is 12.8. The van der Waals surface area contributed by atoms with Gasteiger partial charge in [-0.1, -0.05) is 23.9 Å². The van der Waals surface area contributed by atoms with Crippen LogP contribution in [0.4, 0.5) is 4.79 Å². The van der Waals surface area contributed by atoms with Crippen LogP contribution in [0, 0.1) is 11.3 Å². The van der Waals surface area contributed by atoms with Crippen LogP contribution in [0.15, 0.2) is 34.2 Å². The first kappa shape index (κ1) is 16.6. The molecule has 0 bridgehead atoms. The molecule has 1 aromatic carbocycles. The number of carbonyl (C=O) groups is 1. The average molecular weight is 330 g/mol. The van der Waals surface area contributed by atoms with E-state index in [1.165, 1.54) is 16.7 Å². The molecule has 0 unspecified atom stereocenters. The molecule has 0 aliphatic rings. The van der Waals surface area contributed by atoms with Crippen molar-refractivity contribution in [2.24, 2.45) is 0 Å². The molecule has 0 spiro atoms. The lowest BCUT2D eigenvalue weighted by Crippen LogP contribution is -2.25. The highest BCUT2D eigenvalue weighted by atomic mass is 32.2. The minimum atomic E-state index is -0.564. The molecule has 2 aromatic rings. The van der Waals surface area contributed by atoms with E-state index in [0.717, 1.165) is 0 Å². The molecule has 0 aliphatic heterocycles. The van der Waals surface area contributed by atoms with Crippen molar-refractivity contribution < 1.29 is 9.53 Å². The maximum absolute atomic E-state index is 12.0. The van der Waals surface area contributed by atoms with E-state index < -0.39 is 11.7 Å². The number of benzene rings is 1. The molecular formula is C15H14N4O3S. The average Bonchev–Trinajstić information content (AvgIpc) is 2.54. The Bertz CT molecular complexity index is 839. The molecule has 1 aromatic heterocycles. The molecule has 0 saturated heterocycles. The van der Waals surface area contributed by atoms with Crippen molar-refractivity contribution in [1.82, 2.24) is 14.9 Å². The van der Waals surface area contributed by atoms with E-state index in [0.29, 0.717) is 10.7 Å². The standard InChI is InChI=1S/C15H14N4O3S/c1-19(2)15(21)22-11-7-5-4-6-9(11)12-10(8-16)13(20)18-14(17-12)23-3/h4-7H,1-3H3,(H,17,18,20). The van der Waals surface area contributed by atoms with E-state index in [4.69, 9.17) is 4.74 Å². The van der Waals surface area contributed by atoms with Crippen LogP contribution in [0.2, 0.25) is 0 Å². The number of amides is 1. The second-order valence-corrected chi connectivity index (χ2v) is 5.46. The van der Waals surface area contributed by atoms with Gasteiger partial charge in [-0.2, -0.15) is 5.26 Å². The third-order valence-electron chi connectivity index (χ3n) is 2.91. The molecule has 0 radical (unpaired) electrons. The zero-order chi connectivity index (χ0) is 17.0. The van der Waals surface area contributed by atoms with E-state index in [2.05, 4.69) is 9.97 Å². The molecule has 0 aliphatic carbocycles. The molecule has 1 N–H and O–H groups in total. The predicted molar refractivity (Wildman–Crippen MR) is 86.5 cm³/mol. The Hall–Kier alpha value is -2.79. The third-order valence-corrected chi connectivity index (χ3v) is 3.49. The van der Waals surface area contributed by atoms with Gasteiger partial charge in [-0.15, -0.1) is 0 Å². The fourth-order valence-electron chi connectivity index (χ4n) is 1.78. The summed E-state index contributed by atoms with van der Waals surface area (Å²) in [5.74, 6) is 0.229. The van der Waals surface area contributed by atoms with Crippen molar-refractivity contribution >= 4 is 17.9 Å². The molecule has 118 valence electrons. The summed E-state index contributed by atoms with van der Waals surface area (Å²) in [6.07, 6.45) is 1.19. The number of nitriles is 1. The first-order valence-corrected chi connectivity index (χ1v) is 7.77. The van der Waals surface area contributed by atoms with E-state index in [1.54, 1.807) is 44.6 Å². The molecule has 1 heterocycles. The van der Waals surface area contributed by atoms with Gasteiger partial charge in [0.25, 0.3) is 5.56 Å². The fraction of sp³-hybridized carbons (Fsp3) is 0.200. The van der Waals surface area contributed by atoms with Crippen LogP contribution in [0.1, 0.15) is 5.56 Å². The first-order valence-electron chi connectivity index (χ1n) is 6.55. The number of aromatic amines is 1. The number of rotatable bonds is 3. The van der Waals surface area contributed by atoms with E-state index in [-0.39, 0.29) is 17.0 Å². The Morgan fingerprint density at radius 1 is 1.39 bits per heavy atom. The molecule has 0 saturated carbocycles. The highest BCUT2D eigenvalue weighted by Crippen LogP contribution is 2.30. The number of carbonyl (C=O) groups excluding carboxylic acids is 1. The van der Waals surface area contributed by atoms with Gasteiger partial charge in [-0.05, 0) is 18.4 Å². The fourth-order valence-corrected chi connectivity index (χ4v) is 2.16. The highest BCUT2D eigenvalue weighted by Gasteiger charge is 2.18. The molecule has 0 atom stereocenters. The summed E-state index contributed by atoms with van der Waals surface area (Å²) in [7, 11) is 3.12. The topological polar surface area (TPSA) is 99.1 Å². The molecule has 2 rings (SSSR count). The van der Waals surface area contributed by atoms with Gasteiger partial charge in [0.05, 0.1) is 0 Å². The molecule has 1 amide bonds. The van der Waals surface area contributed by atoms with Gasteiger partial charge in [0.15, 0.2) is 5.16 Å². The summed E-state index contributed by atoms with van der Waals surface area (Å²) in [6, 6.07) is 8.48. The third kappa shape index (κ3) is 3.52. The van der Waals surface area contributed by atoms with Crippen LogP contribution in [0.5, 0.6) is 5.75 Å². The zero-order valence-corrected chi connectivity index (χ0v) is 13.6. The largest absolute Gasteiger partial charge is 0.414 e. The summed E-state index contributed by atoms with van der Waals surface area (Å²) in [4.78, 5) is 31.9. The lowest BCUT2D eigenvalue weighted by Gasteiger charge is -2.14. The van der Waals surface area contributed by atoms with Crippen LogP contribution in [0.25, 0.3) is 11.3 Å². The summed E-state index contributed by atoms with van der Waals surface area (Å²) >= 11 is 1.24.